The van der Waals surface area contributed by atoms with Crippen LogP contribution < -0.4 is 0 Å². The van der Waals surface area contributed by atoms with Crippen molar-refractivity contribution in [1.82, 2.24) is 0 Å². The number of carbonyl (C=O) groups excluding carboxylic acids is 2. The quantitative estimate of drug-likeness (QED) is 0.245. The number of esters is 2. The average molecular weight is 377 g/mol. The normalized spacial score (nSPS) is 11.2. The van der Waals surface area contributed by atoms with Gasteiger partial charge < -0.3 is 9.47 Å². The fourth-order valence-corrected chi connectivity index (χ4v) is 3.04. The Hall–Kier alpha value is -1.84. The predicted octanol–water partition coefficient (Wildman–Crippen LogP) is 5.48. The first-order valence-corrected chi connectivity index (χ1v) is 10.5. The molecule has 0 spiro atoms. The van der Waals surface area contributed by atoms with Gasteiger partial charge in [0.25, 0.3) is 0 Å². The summed E-state index contributed by atoms with van der Waals surface area (Å²) < 4.78 is 11.1. The van der Waals surface area contributed by atoms with E-state index in [1.165, 1.54) is 0 Å². The highest BCUT2D eigenvalue weighted by Gasteiger charge is 2.48. The van der Waals surface area contributed by atoms with Gasteiger partial charge in [-0.05, 0) is 31.2 Å². The van der Waals surface area contributed by atoms with Crippen LogP contribution in [-0.4, -0.2) is 25.2 Å². The minimum Gasteiger partial charge on any atom is -0.465 e. The lowest BCUT2D eigenvalue weighted by Gasteiger charge is -2.30. The number of benzene rings is 1. The Balaban J connectivity index is 3.10. The molecule has 0 saturated carbocycles. The lowest BCUT2D eigenvalue weighted by Crippen LogP contribution is -2.44. The lowest BCUT2D eigenvalue weighted by molar-refractivity contribution is -0.173. The van der Waals surface area contributed by atoms with E-state index in [1.54, 1.807) is 0 Å². The molecule has 0 fully saturated rings. The highest BCUT2D eigenvalue weighted by molar-refractivity contribution is 6.00. The first-order valence-electron chi connectivity index (χ1n) is 10.5. The van der Waals surface area contributed by atoms with Crippen molar-refractivity contribution in [1.29, 1.82) is 0 Å². The van der Waals surface area contributed by atoms with E-state index in [2.05, 4.69) is 6.92 Å². The average Bonchev–Trinajstić information content (AvgIpc) is 2.68. The molecule has 1 aromatic rings. The molecule has 1 rings (SSSR count). The minimum absolute atomic E-state index is 0.327. The Kier molecular flexibility index (Phi) is 11.5. The third-order valence-electron chi connectivity index (χ3n) is 4.80. The number of ether oxygens (including phenoxy) is 2. The van der Waals surface area contributed by atoms with Gasteiger partial charge in [0, 0.05) is 0 Å². The zero-order valence-corrected chi connectivity index (χ0v) is 17.3. The summed E-state index contributed by atoms with van der Waals surface area (Å²) in [5, 5.41) is 0. The van der Waals surface area contributed by atoms with Gasteiger partial charge in [0.15, 0.2) is 5.41 Å². The van der Waals surface area contributed by atoms with Crippen LogP contribution in [0.25, 0.3) is 0 Å². The van der Waals surface area contributed by atoms with Gasteiger partial charge in [0.1, 0.15) is 0 Å². The van der Waals surface area contributed by atoms with Crippen molar-refractivity contribution in [3.05, 3.63) is 35.9 Å². The largest absolute Gasteiger partial charge is 0.465 e. The third kappa shape index (κ3) is 7.74. The molecule has 0 N–H and O–H groups in total. The van der Waals surface area contributed by atoms with E-state index in [0.29, 0.717) is 26.1 Å². The summed E-state index contributed by atoms with van der Waals surface area (Å²) >= 11 is 0. The van der Waals surface area contributed by atoms with E-state index in [9.17, 15) is 9.59 Å². The SMILES string of the molecule is CCCCCC(Cc1ccccc1)(C(=O)OCCCC)C(=O)OCCCC. The Morgan fingerprint density at radius 1 is 0.778 bits per heavy atom. The second-order valence-electron chi connectivity index (χ2n) is 7.18. The van der Waals surface area contributed by atoms with Crippen molar-refractivity contribution >= 4 is 11.9 Å². The van der Waals surface area contributed by atoms with Gasteiger partial charge in [-0.3, -0.25) is 9.59 Å². The molecule has 0 aliphatic rings. The van der Waals surface area contributed by atoms with Crippen LogP contribution in [0, 0.1) is 5.41 Å². The first-order chi connectivity index (χ1) is 13.1. The number of hydrogen-bond donors (Lipinski definition) is 0. The molecule has 152 valence electrons. The lowest BCUT2D eigenvalue weighted by atomic mass is 9.77. The Labute approximate surface area is 164 Å². The fourth-order valence-electron chi connectivity index (χ4n) is 3.04. The Morgan fingerprint density at radius 2 is 1.30 bits per heavy atom. The van der Waals surface area contributed by atoms with E-state index in [1.807, 2.05) is 44.2 Å². The summed E-state index contributed by atoms with van der Waals surface area (Å²) in [5.74, 6) is -0.866. The number of unbranched alkanes of at least 4 members (excludes halogenated alkanes) is 4. The molecule has 0 aromatic heterocycles. The third-order valence-corrected chi connectivity index (χ3v) is 4.80. The minimum atomic E-state index is -1.25. The van der Waals surface area contributed by atoms with E-state index in [4.69, 9.17) is 9.47 Å². The number of hydrogen-bond acceptors (Lipinski definition) is 4. The van der Waals surface area contributed by atoms with Crippen LogP contribution in [-0.2, 0) is 25.5 Å². The maximum absolute atomic E-state index is 13.1. The molecule has 0 heterocycles. The molecule has 4 heteroatoms. The van der Waals surface area contributed by atoms with Crippen LogP contribution in [0.15, 0.2) is 30.3 Å². The van der Waals surface area contributed by atoms with Crippen molar-refractivity contribution in [3.63, 3.8) is 0 Å². The maximum Gasteiger partial charge on any atom is 0.323 e. The molecule has 0 aliphatic heterocycles. The Bertz CT molecular complexity index is 517. The number of rotatable bonds is 14. The molecule has 0 unspecified atom stereocenters. The smallest absolute Gasteiger partial charge is 0.323 e. The first kappa shape index (κ1) is 23.2. The van der Waals surface area contributed by atoms with Crippen molar-refractivity contribution in [2.75, 3.05) is 13.2 Å². The van der Waals surface area contributed by atoms with E-state index in [0.717, 1.165) is 50.5 Å². The monoisotopic (exact) mass is 376 g/mol. The van der Waals surface area contributed by atoms with Crippen LogP contribution in [0.2, 0.25) is 0 Å². The topological polar surface area (TPSA) is 52.6 Å². The van der Waals surface area contributed by atoms with Crippen LogP contribution in [0.3, 0.4) is 0 Å². The molecular weight excluding hydrogens is 340 g/mol. The zero-order chi connectivity index (χ0) is 20.0. The highest BCUT2D eigenvalue weighted by atomic mass is 16.6. The van der Waals surface area contributed by atoms with Crippen LogP contribution in [0.5, 0.6) is 0 Å². The molecule has 1 aromatic carbocycles. The highest BCUT2D eigenvalue weighted by Crippen LogP contribution is 2.33. The molecule has 0 bridgehead atoms. The molecule has 0 atom stereocenters. The molecule has 27 heavy (non-hydrogen) atoms. The van der Waals surface area contributed by atoms with Crippen LogP contribution >= 0.6 is 0 Å². The van der Waals surface area contributed by atoms with Gasteiger partial charge in [-0.1, -0.05) is 83.2 Å². The van der Waals surface area contributed by atoms with Gasteiger partial charge in [0.2, 0.25) is 0 Å². The molecule has 0 radical (unpaired) electrons. The molecular formula is C23H36O4. The van der Waals surface area contributed by atoms with Crippen LogP contribution in [0.4, 0.5) is 0 Å². The zero-order valence-electron chi connectivity index (χ0n) is 17.3. The molecule has 0 amide bonds. The standard InChI is InChI=1S/C23H36O4/c1-4-7-13-16-23(21(24)26-17-8-5-2,22(25)27-18-9-6-3)19-20-14-11-10-12-15-20/h10-12,14-15H,4-9,13,16-19H2,1-3H3. The van der Waals surface area contributed by atoms with E-state index < -0.39 is 17.4 Å². The van der Waals surface area contributed by atoms with Crippen molar-refractivity contribution in [3.8, 4) is 0 Å². The second-order valence-corrected chi connectivity index (χ2v) is 7.18. The number of carbonyl (C=O) groups is 2. The fraction of sp³-hybridized carbons (Fsp3) is 0.652. The van der Waals surface area contributed by atoms with E-state index in [-0.39, 0.29) is 0 Å². The van der Waals surface area contributed by atoms with Gasteiger partial charge in [0.05, 0.1) is 13.2 Å². The molecule has 4 nitrogen and oxygen atoms in total. The van der Waals surface area contributed by atoms with Crippen LogP contribution in [0.1, 0.15) is 77.7 Å². The second kappa shape index (κ2) is 13.3. The van der Waals surface area contributed by atoms with Crippen molar-refractivity contribution < 1.29 is 19.1 Å². The van der Waals surface area contributed by atoms with Gasteiger partial charge in [-0.15, -0.1) is 0 Å². The van der Waals surface area contributed by atoms with Gasteiger partial charge >= 0.3 is 11.9 Å². The summed E-state index contributed by atoms with van der Waals surface area (Å²) in [6.45, 7) is 6.90. The van der Waals surface area contributed by atoms with Gasteiger partial charge in [-0.25, -0.2) is 0 Å². The van der Waals surface area contributed by atoms with Crippen molar-refractivity contribution in [2.45, 2.75) is 78.6 Å². The summed E-state index contributed by atoms with van der Waals surface area (Å²) in [5.41, 5.74) is -0.299. The van der Waals surface area contributed by atoms with Gasteiger partial charge in [-0.2, -0.15) is 0 Å². The summed E-state index contributed by atoms with van der Waals surface area (Å²) in [6.07, 6.45) is 7.07. The van der Waals surface area contributed by atoms with Crippen molar-refractivity contribution in [2.24, 2.45) is 5.41 Å². The van der Waals surface area contributed by atoms with E-state index >= 15 is 0 Å². The Morgan fingerprint density at radius 3 is 1.78 bits per heavy atom. The maximum atomic E-state index is 13.1. The molecule has 0 saturated heterocycles. The molecule has 0 aliphatic carbocycles. The summed E-state index contributed by atoms with van der Waals surface area (Å²) in [4.78, 5) is 26.2. The predicted molar refractivity (Wildman–Crippen MR) is 108 cm³/mol. The summed E-state index contributed by atoms with van der Waals surface area (Å²) in [7, 11) is 0. The summed E-state index contributed by atoms with van der Waals surface area (Å²) in [6, 6.07) is 9.69.